The smallest absolute Gasteiger partial charge is 0.193 e. The van der Waals surface area contributed by atoms with Crippen LogP contribution in [0.25, 0.3) is 0 Å². The third-order valence-electron chi connectivity index (χ3n) is 6.77. The highest BCUT2D eigenvalue weighted by atomic mass is 127. The average molecular weight is 498 g/mol. The highest BCUT2D eigenvalue weighted by Gasteiger charge is 2.36. The Morgan fingerprint density at radius 1 is 1.14 bits per heavy atom. The Morgan fingerprint density at radius 3 is 2.54 bits per heavy atom. The lowest BCUT2D eigenvalue weighted by Crippen LogP contribution is -2.48. The van der Waals surface area contributed by atoms with Crippen molar-refractivity contribution in [3.63, 3.8) is 0 Å². The molecule has 1 aromatic rings. The number of aliphatic imine (C=N–C) groups is 1. The Balaban J connectivity index is 0.00000225. The van der Waals surface area contributed by atoms with E-state index in [2.05, 4.69) is 50.4 Å². The zero-order chi connectivity index (χ0) is 18.5. The maximum atomic E-state index is 5.51. The van der Waals surface area contributed by atoms with E-state index < -0.39 is 0 Å². The van der Waals surface area contributed by atoms with Crippen molar-refractivity contribution in [1.82, 2.24) is 15.1 Å². The molecule has 6 heteroatoms. The highest BCUT2D eigenvalue weighted by Crippen LogP contribution is 2.40. The quantitative estimate of drug-likeness (QED) is 0.394. The lowest BCUT2D eigenvalue weighted by atomic mass is 9.79. The number of morpholine rings is 1. The fraction of sp³-hybridized carbons (Fsp3) is 0.682. The number of benzene rings is 1. The van der Waals surface area contributed by atoms with Crippen LogP contribution < -0.4 is 5.32 Å². The molecular weight excluding hydrogens is 463 g/mol. The molecule has 1 N–H and O–H groups in total. The number of hydrogen-bond acceptors (Lipinski definition) is 3. The molecule has 0 aromatic heterocycles. The maximum Gasteiger partial charge on any atom is 0.193 e. The van der Waals surface area contributed by atoms with Crippen LogP contribution in [0.1, 0.15) is 37.7 Å². The fourth-order valence-electron chi connectivity index (χ4n) is 5.17. The molecule has 28 heavy (non-hydrogen) atoms. The molecule has 2 saturated heterocycles. The van der Waals surface area contributed by atoms with Gasteiger partial charge in [-0.1, -0.05) is 43.2 Å². The van der Waals surface area contributed by atoms with Crippen LogP contribution >= 0.6 is 24.0 Å². The summed E-state index contributed by atoms with van der Waals surface area (Å²) >= 11 is 0. The van der Waals surface area contributed by atoms with E-state index in [0.29, 0.717) is 6.04 Å². The lowest BCUT2D eigenvalue weighted by molar-refractivity contribution is 0.0195. The van der Waals surface area contributed by atoms with Crippen LogP contribution in [0, 0.1) is 0 Å². The topological polar surface area (TPSA) is 40.1 Å². The first-order valence-electron chi connectivity index (χ1n) is 10.6. The predicted molar refractivity (Wildman–Crippen MR) is 126 cm³/mol. The molecule has 1 unspecified atom stereocenters. The molecule has 1 aromatic carbocycles. The van der Waals surface area contributed by atoms with Gasteiger partial charge in [0.2, 0.25) is 0 Å². The zero-order valence-electron chi connectivity index (χ0n) is 17.1. The van der Waals surface area contributed by atoms with E-state index in [1.165, 1.54) is 37.7 Å². The first-order chi connectivity index (χ1) is 13.3. The molecule has 0 radical (unpaired) electrons. The third-order valence-corrected chi connectivity index (χ3v) is 6.77. The van der Waals surface area contributed by atoms with Gasteiger partial charge in [0.1, 0.15) is 0 Å². The van der Waals surface area contributed by atoms with Crippen LogP contribution in [0.5, 0.6) is 0 Å². The van der Waals surface area contributed by atoms with Crippen LogP contribution in [-0.4, -0.2) is 74.8 Å². The standard InChI is InChI=1S/C22H34N4O.HI/c1-23-21(26-12-9-20(17-26)25-13-15-27-16-14-25)24-18-22(10-5-6-11-22)19-7-3-2-4-8-19;/h2-4,7-8,20H,5-6,9-18H2,1H3,(H,23,24);1H. The van der Waals surface area contributed by atoms with Crippen molar-refractivity contribution in [3.05, 3.63) is 35.9 Å². The Bertz CT molecular complexity index is 627. The van der Waals surface area contributed by atoms with Crippen LogP contribution in [0.2, 0.25) is 0 Å². The van der Waals surface area contributed by atoms with E-state index in [0.717, 1.165) is 51.9 Å². The number of guanidine groups is 1. The van der Waals surface area contributed by atoms with Gasteiger partial charge in [0.25, 0.3) is 0 Å². The van der Waals surface area contributed by atoms with Crippen molar-refractivity contribution >= 4 is 29.9 Å². The molecule has 0 amide bonds. The minimum Gasteiger partial charge on any atom is -0.379 e. The summed E-state index contributed by atoms with van der Waals surface area (Å²) in [6.45, 7) is 7.07. The molecule has 0 bridgehead atoms. The largest absolute Gasteiger partial charge is 0.379 e. The van der Waals surface area contributed by atoms with Crippen LogP contribution in [0.15, 0.2) is 35.3 Å². The molecule has 156 valence electrons. The van der Waals surface area contributed by atoms with E-state index in [-0.39, 0.29) is 29.4 Å². The second kappa shape index (κ2) is 10.3. The van der Waals surface area contributed by atoms with Gasteiger partial charge in [-0.15, -0.1) is 24.0 Å². The van der Waals surface area contributed by atoms with Gasteiger partial charge in [-0.05, 0) is 24.8 Å². The Hall–Kier alpha value is -0.860. The maximum absolute atomic E-state index is 5.51. The Morgan fingerprint density at radius 2 is 1.86 bits per heavy atom. The first kappa shape index (κ1) is 21.8. The summed E-state index contributed by atoms with van der Waals surface area (Å²) in [7, 11) is 1.92. The van der Waals surface area contributed by atoms with Gasteiger partial charge in [-0.3, -0.25) is 9.89 Å². The Labute approximate surface area is 186 Å². The van der Waals surface area contributed by atoms with Crippen LogP contribution in [-0.2, 0) is 10.2 Å². The van der Waals surface area contributed by atoms with Crippen molar-refractivity contribution in [3.8, 4) is 0 Å². The number of nitrogens with one attached hydrogen (secondary N) is 1. The lowest BCUT2D eigenvalue weighted by Gasteiger charge is -2.34. The molecule has 2 aliphatic heterocycles. The third kappa shape index (κ3) is 4.82. The van der Waals surface area contributed by atoms with Crippen molar-refractivity contribution < 1.29 is 4.74 Å². The highest BCUT2D eigenvalue weighted by molar-refractivity contribution is 14.0. The van der Waals surface area contributed by atoms with E-state index >= 15 is 0 Å². The first-order valence-corrected chi connectivity index (χ1v) is 10.6. The van der Waals surface area contributed by atoms with Crippen LogP contribution in [0.3, 0.4) is 0 Å². The van der Waals surface area contributed by atoms with E-state index in [9.17, 15) is 0 Å². The molecule has 1 aliphatic carbocycles. The minimum absolute atomic E-state index is 0. The van der Waals surface area contributed by atoms with Crippen molar-refractivity contribution in [2.24, 2.45) is 4.99 Å². The monoisotopic (exact) mass is 498 g/mol. The molecule has 3 aliphatic rings. The number of nitrogens with zero attached hydrogens (tertiary/aromatic N) is 3. The van der Waals surface area contributed by atoms with E-state index in [4.69, 9.17) is 4.74 Å². The number of halogens is 1. The van der Waals surface area contributed by atoms with Gasteiger partial charge >= 0.3 is 0 Å². The molecule has 1 saturated carbocycles. The molecule has 5 nitrogen and oxygen atoms in total. The average Bonchev–Trinajstić information content (AvgIpc) is 3.41. The van der Waals surface area contributed by atoms with Gasteiger partial charge in [-0.25, -0.2) is 0 Å². The SMILES string of the molecule is CN=C(NCC1(c2ccccc2)CCCC1)N1CCC(N2CCOCC2)C1.I. The second-order valence-corrected chi connectivity index (χ2v) is 8.29. The van der Waals surface area contributed by atoms with E-state index in [1.807, 2.05) is 7.05 Å². The molecule has 3 fully saturated rings. The summed E-state index contributed by atoms with van der Waals surface area (Å²) in [4.78, 5) is 9.67. The number of hydrogen-bond donors (Lipinski definition) is 1. The summed E-state index contributed by atoms with van der Waals surface area (Å²) in [5, 5.41) is 3.75. The summed E-state index contributed by atoms with van der Waals surface area (Å²) in [5.74, 6) is 1.08. The summed E-state index contributed by atoms with van der Waals surface area (Å²) < 4.78 is 5.51. The van der Waals surface area contributed by atoms with Gasteiger partial charge in [-0.2, -0.15) is 0 Å². The van der Waals surface area contributed by atoms with Crippen LogP contribution in [0.4, 0.5) is 0 Å². The summed E-state index contributed by atoms with van der Waals surface area (Å²) in [5.41, 5.74) is 1.75. The summed E-state index contributed by atoms with van der Waals surface area (Å²) in [6, 6.07) is 11.7. The van der Waals surface area contributed by atoms with Gasteiger partial charge in [0.15, 0.2) is 5.96 Å². The van der Waals surface area contributed by atoms with Crippen molar-refractivity contribution in [2.75, 3.05) is 53.0 Å². The number of likely N-dealkylation sites (tertiary alicyclic amines) is 1. The molecule has 1 atom stereocenters. The molecular formula is C22H35IN4O. The van der Waals surface area contributed by atoms with E-state index in [1.54, 1.807) is 0 Å². The van der Waals surface area contributed by atoms with Gasteiger partial charge in [0.05, 0.1) is 13.2 Å². The number of rotatable bonds is 4. The van der Waals surface area contributed by atoms with Crippen molar-refractivity contribution in [1.29, 1.82) is 0 Å². The minimum atomic E-state index is 0. The Kier molecular flexibility index (Phi) is 8.00. The second-order valence-electron chi connectivity index (χ2n) is 8.29. The normalized spacial score (nSPS) is 25.5. The predicted octanol–water partition coefficient (Wildman–Crippen LogP) is 3.10. The number of ether oxygens (including phenoxy) is 1. The molecule has 0 spiro atoms. The molecule has 4 rings (SSSR count). The molecule has 2 heterocycles. The fourth-order valence-corrected chi connectivity index (χ4v) is 5.17. The van der Waals surface area contributed by atoms with Crippen molar-refractivity contribution in [2.45, 2.75) is 43.6 Å². The van der Waals surface area contributed by atoms with Gasteiger partial charge < -0.3 is 15.0 Å². The summed E-state index contributed by atoms with van der Waals surface area (Å²) in [6.07, 6.45) is 6.44. The van der Waals surface area contributed by atoms with Gasteiger partial charge in [0, 0.05) is 51.2 Å². The zero-order valence-corrected chi connectivity index (χ0v) is 19.4.